The van der Waals surface area contributed by atoms with Crippen molar-refractivity contribution in [3.8, 4) is 5.75 Å². The normalized spacial score (nSPS) is 18.2. The number of nitrogens with one attached hydrogen (secondary N) is 1. The first kappa shape index (κ1) is 17.7. The molecule has 1 atom stereocenters. The molecule has 1 aromatic carbocycles. The van der Waals surface area contributed by atoms with E-state index in [0.717, 1.165) is 23.1 Å². The fourth-order valence-corrected chi connectivity index (χ4v) is 3.47. The van der Waals surface area contributed by atoms with E-state index in [1.807, 2.05) is 32.0 Å². The Labute approximate surface area is 137 Å². The van der Waals surface area contributed by atoms with Gasteiger partial charge in [0.25, 0.3) is 0 Å². The van der Waals surface area contributed by atoms with Crippen molar-refractivity contribution in [2.24, 2.45) is 0 Å². The molecule has 0 unspecified atom stereocenters. The first-order valence-corrected chi connectivity index (χ1v) is 9.59. The van der Waals surface area contributed by atoms with Crippen LogP contribution in [-0.4, -0.2) is 51.2 Å². The third-order valence-electron chi connectivity index (χ3n) is 4.05. The van der Waals surface area contributed by atoms with Crippen molar-refractivity contribution in [2.45, 2.75) is 32.7 Å². The summed E-state index contributed by atoms with van der Waals surface area (Å²) in [7, 11) is -3.23. The Morgan fingerprint density at radius 1 is 1.39 bits per heavy atom. The number of amides is 1. The molecule has 6 nitrogen and oxygen atoms in total. The van der Waals surface area contributed by atoms with Crippen molar-refractivity contribution in [3.05, 3.63) is 29.3 Å². The highest BCUT2D eigenvalue weighted by Gasteiger charge is 2.27. The van der Waals surface area contributed by atoms with Crippen LogP contribution in [0.25, 0.3) is 0 Å². The van der Waals surface area contributed by atoms with Gasteiger partial charge in [-0.2, -0.15) is 0 Å². The van der Waals surface area contributed by atoms with E-state index < -0.39 is 10.0 Å². The molecule has 1 aliphatic heterocycles. The number of sulfonamides is 1. The van der Waals surface area contributed by atoms with Gasteiger partial charge in [-0.1, -0.05) is 12.1 Å². The molecule has 1 saturated heterocycles. The number of hydrogen-bond donors (Lipinski definition) is 1. The molecule has 0 aliphatic carbocycles. The summed E-state index contributed by atoms with van der Waals surface area (Å²) in [4.78, 5) is 13.9. The molecule has 1 fully saturated rings. The van der Waals surface area contributed by atoms with Crippen LogP contribution in [0.5, 0.6) is 5.75 Å². The summed E-state index contributed by atoms with van der Waals surface area (Å²) < 4.78 is 30.7. The van der Waals surface area contributed by atoms with Crippen molar-refractivity contribution < 1.29 is 17.9 Å². The molecule has 0 spiro atoms. The van der Waals surface area contributed by atoms with Gasteiger partial charge in [-0.05, 0) is 37.5 Å². The minimum Gasteiger partial charge on any atom is -0.493 e. The Kier molecular flexibility index (Phi) is 5.64. The summed E-state index contributed by atoms with van der Waals surface area (Å²) in [5.74, 6) is 0.795. The monoisotopic (exact) mass is 340 g/mol. The van der Waals surface area contributed by atoms with Gasteiger partial charge in [0.1, 0.15) is 5.75 Å². The fourth-order valence-electron chi connectivity index (χ4n) is 2.67. The van der Waals surface area contributed by atoms with E-state index >= 15 is 0 Å². The van der Waals surface area contributed by atoms with Crippen molar-refractivity contribution >= 4 is 15.9 Å². The predicted octanol–water partition coefficient (Wildman–Crippen LogP) is 1.22. The van der Waals surface area contributed by atoms with Crippen LogP contribution in [0.3, 0.4) is 0 Å². The lowest BCUT2D eigenvalue weighted by Crippen LogP contribution is -2.38. The molecule has 128 valence electrons. The molecule has 7 heteroatoms. The smallest absolute Gasteiger partial charge is 0.226 e. The molecule has 1 amide bonds. The minimum absolute atomic E-state index is 0.00638. The van der Waals surface area contributed by atoms with Crippen LogP contribution in [0, 0.1) is 13.8 Å². The third kappa shape index (κ3) is 5.21. The number of hydrogen-bond acceptors (Lipinski definition) is 4. The lowest BCUT2D eigenvalue weighted by Gasteiger charge is -2.17. The Balaban J connectivity index is 1.79. The van der Waals surface area contributed by atoms with Crippen molar-refractivity contribution in [1.29, 1.82) is 0 Å². The first-order chi connectivity index (χ1) is 10.8. The average molecular weight is 340 g/mol. The number of benzene rings is 1. The number of rotatable bonds is 6. The molecule has 23 heavy (non-hydrogen) atoms. The highest BCUT2D eigenvalue weighted by atomic mass is 32.2. The maximum Gasteiger partial charge on any atom is 0.226 e. The summed E-state index contributed by atoms with van der Waals surface area (Å²) >= 11 is 0. The predicted molar refractivity (Wildman–Crippen MR) is 89.0 cm³/mol. The zero-order chi connectivity index (χ0) is 17.0. The van der Waals surface area contributed by atoms with Crippen LogP contribution in [0.1, 0.15) is 24.0 Å². The zero-order valence-electron chi connectivity index (χ0n) is 13.8. The maximum absolute atomic E-state index is 12.2. The van der Waals surface area contributed by atoms with E-state index in [-0.39, 0.29) is 11.9 Å². The second-order valence-corrected chi connectivity index (χ2v) is 7.79. The number of carbonyl (C=O) groups excluding carboxylic acids is 1. The topological polar surface area (TPSA) is 75.7 Å². The van der Waals surface area contributed by atoms with Gasteiger partial charge in [0, 0.05) is 19.1 Å². The van der Waals surface area contributed by atoms with E-state index in [2.05, 4.69) is 4.72 Å². The van der Waals surface area contributed by atoms with Crippen LogP contribution in [-0.2, 0) is 14.8 Å². The molecular weight excluding hydrogens is 316 g/mol. The number of nitrogens with zero attached hydrogens (tertiary/aromatic N) is 1. The molecule has 0 saturated carbocycles. The summed E-state index contributed by atoms with van der Waals surface area (Å²) in [6.07, 6.45) is 2.07. The second kappa shape index (κ2) is 7.31. The Morgan fingerprint density at radius 3 is 2.83 bits per heavy atom. The van der Waals surface area contributed by atoms with E-state index in [1.165, 1.54) is 0 Å². The second-order valence-electron chi connectivity index (χ2n) is 6.01. The van der Waals surface area contributed by atoms with Gasteiger partial charge in [0.15, 0.2) is 0 Å². The molecule has 0 bridgehead atoms. The summed E-state index contributed by atoms with van der Waals surface area (Å²) in [6, 6.07) is 5.66. The largest absolute Gasteiger partial charge is 0.493 e. The van der Waals surface area contributed by atoms with E-state index in [1.54, 1.807) is 4.90 Å². The van der Waals surface area contributed by atoms with Crippen molar-refractivity contribution in [3.63, 3.8) is 0 Å². The van der Waals surface area contributed by atoms with Crippen LogP contribution < -0.4 is 9.46 Å². The van der Waals surface area contributed by atoms with Crippen molar-refractivity contribution in [1.82, 2.24) is 9.62 Å². The lowest BCUT2D eigenvalue weighted by molar-refractivity contribution is -0.130. The average Bonchev–Trinajstić information content (AvgIpc) is 2.89. The molecule has 0 radical (unpaired) electrons. The molecule has 0 aromatic heterocycles. The molecule has 1 N–H and O–H groups in total. The molecule has 1 heterocycles. The minimum atomic E-state index is -3.23. The van der Waals surface area contributed by atoms with Gasteiger partial charge in [0.2, 0.25) is 15.9 Å². The van der Waals surface area contributed by atoms with Crippen LogP contribution >= 0.6 is 0 Å². The van der Waals surface area contributed by atoms with Gasteiger partial charge >= 0.3 is 0 Å². The summed E-state index contributed by atoms with van der Waals surface area (Å²) in [5.41, 5.74) is 2.24. The van der Waals surface area contributed by atoms with Gasteiger partial charge in [-0.25, -0.2) is 13.1 Å². The lowest BCUT2D eigenvalue weighted by atomic mass is 10.1. The maximum atomic E-state index is 12.2. The standard InChI is InChI=1S/C16H24N2O4S/c1-12-5-4-6-15(13(12)2)22-10-8-16(19)18-9-7-14(11-18)17-23(3,20)21/h4-6,14,17H,7-11H2,1-3H3/t14-/m1/s1. The summed E-state index contributed by atoms with van der Waals surface area (Å²) in [6.45, 7) is 5.34. The SMILES string of the molecule is Cc1cccc(OCCC(=O)N2CC[C@@H](NS(C)(=O)=O)C2)c1C. The molecule has 1 aliphatic rings. The van der Waals surface area contributed by atoms with Crippen LogP contribution in [0.15, 0.2) is 18.2 Å². The van der Waals surface area contributed by atoms with Gasteiger partial charge in [-0.15, -0.1) is 0 Å². The van der Waals surface area contributed by atoms with Crippen LogP contribution in [0.2, 0.25) is 0 Å². The molecular formula is C16H24N2O4S. The number of carbonyl (C=O) groups is 1. The zero-order valence-corrected chi connectivity index (χ0v) is 14.6. The number of aryl methyl sites for hydroxylation is 1. The Bertz CT molecular complexity index is 673. The van der Waals surface area contributed by atoms with Gasteiger partial charge in [-0.3, -0.25) is 4.79 Å². The van der Waals surface area contributed by atoms with E-state index in [9.17, 15) is 13.2 Å². The fraction of sp³-hybridized carbons (Fsp3) is 0.562. The highest BCUT2D eigenvalue weighted by molar-refractivity contribution is 7.88. The quantitative estimate of drug-likeness (QED) is 0.845. The Morgan fingerprint density at radius 2 is 2.13 bits per heavy atom. The number of ether oxygens (including phenoxy) is 1. The van der Waals surface area contributed by atoms with Crippen LogP contribution in [0.4, 0.5) is 0 Å². The molecule has 2 rings (SSSR count). The highest BCUT2D eigenvalue weighted by Crippen LogP contribution is 2.20. The van der Waals surface area contributed by atoms with Gasteiger partial charge < -0.3 is 9.64 Å². The van der Waals surface area contributed by atoms with E-state index in [4.69, 9.17) is 4.74 Å². The van der Waals surface area contributed by atoms with Crippen molar-refractivity contribution in [2.75, 3.05) is 26.0 Å². The van der Waals surface area contributed by atoms with Gasteiger partial charge in [0.05, 0.1) is 19.3 Å². The first-order valence-electron chi connectivity index (χ1n) is 7.70. The summed E-state index contributed by atoms with van der Waals surface area (Å²) in [5, 5.41) is 0. The number of likely N-dealkylation sites (tertiary alicyclic amines) is 1. The third-order valence-corrected chi connectivity index (χ3v) is 4.81. The van der Waals surface area contributed by atoms with E-state index in [0.29, 0.717) is 32.5 Å². The Hall–Kier alpha value is -1.60. The molecule has 1 aromatic rings.